The zero-order valence-corrected chi connectivity index (χ0v) is 25.2. The molecule has 48 heavy (non-hydrogen) atoms. The number of ketones is 4. The fraction of sp³-hybridized carbons (Fsp3) is 0.212. The number of hydrogen-bond acceptors (Lipinski definition) is 11. The van der Waals surface area contributed by atoms with Crippen LogP contribution in [0.5, 0.6) is 0 Å². The Balaban J connectivity index is 0.948. The number of oxazole rings is 2. The highest BCUT2D eigenvalue weighted by Gasteiger charge is 2.34. The fourth-order valence-corrected chi connectivity index (χ4v) is 5.13. The van der Waals surface area contributed by atoms with Gasteiger partial charge in [-0.1, -0.05) is 0 Å². The van der Waals surface area contributed by atoms with Gasteiger partial charge in [-0.3, -0.25) is 19.2 Å². The molecule has 0 amide bonds. The summed E-state index contributed by atoms with van der Waals surface area (Å²) in [5, 5.41) is 5.83. The second-order valence-electron chi connectivity index (χ2n) is 11.0. The first kappa shape index (κ1) is 32.2. The van der Waals surface area contributed by atoms with Crippen LogP contribution in [0.2, 0.25) is 0 Å². The molecule has 2 N–H and O–H groups in total. The van der Waals surface area contributed by atoms with Gasteiger partial charge in [0, 0.05) is 25.2 Å². The molecule has 0 saturated carbocycles. The number of hydrogen-bond donors (Lipinski definition) is 2. The largest absolute Gasteiger partial charge is 0.432 e. The first-order chi connectivity index (χ1) is 23.0. The molecule has 2 aliphatic carbocycles. The monoisotopic (exact) mass is 663 g/mol. The van der Waals surface area contributed by atoms with Crippen molar-refractivity contribution in [1.29, 1.82) is 0 Å². The summed E-state index contributed by atoms with van der Waals surface area (Å²) >= 11 is 0. The summed E-state index contributed by atoms with van der Waals surface area (Å²) in [4.78, 5) is 60.8. The van der Waals surface area contributed by atoms with Crippen LogP contribution in [0.4, 0.5) is 17.6 Å². The molecule has 6 rings (SSSR count). The lowest BCUT2D eigenvalue weighted by atomic mass is 10.0. The highest BCUT2D eigenvalue weighted by Crippen LogP contribution is 2.30. The van der Waals surface area contributed by atoms with Gasteiger partial charge >= 0.3 is 0 Å². The van der Waals surface area contributed by atoms with Crippen LogP contribution in [0, 0.1) is 23.3 Å². The Morgan fingerprint density at radius 2 is 1.08 bits per heavy atom. The van der Waals surface area contributed by atoms with Crippen LogP contribution in [0.1, 0.15) is 54.9 Å². The summed E-state index contributed by atoms with van der Waals surface area (Å²) in [6.45, 7) is 1.85. The number of fused-ring (bicyclic) bond motifs is 2. The van der Waals surface area contributed by atoms with Crippen LogP contribution in [0.15, 0.2) is 68.8 Å². The highest BCUT2D eigenvalue weighted by molar-refractivity contribution is 6.23. The predicted molar refractivity (Wildman–Crippen MR) is 160 cm³/mol. The van der Waals surface area contributed by atoms with Crippen LogP contribution in [0.25, 0.3) is 22.9 Å². The Hall–Kier alpha value is -5.70. The molecule has 0 radical (unpaired) electrons. The molecule has 0 bridgehead atoms. The first-order valence-corrected chi connectivity index (χ1v) is 14.7. The molecular formula is C33H25F4N5O6. The smallest absolute Gasteiger partial charge is 0.246 e. The molecule has 0 aliphatic heterocycles. The number of allylic oxidation sites excluding steroid dienone is 4. The number of carbonyl (C=O) groups excluding carboxylic acids is 4. The van der Waals surface area contributed by atoms with Gasteiger partial charge in [-0.2, -0.15) is 0 Å². The van der Waals surface area contributed by atoms with Gasteiger partial charge < -0.3 is 24.4 Å². The number of nitrogens with zero attached hydrogens (tertiary/aromatic N) is 3. The van der Waals surface area contributed by atoms with E-state index in [2.05, 4.69) is 20.6 Å². The summed E-state index contributed by atoms with van der Waals surface area (Å²) in [5.74, 6) is -7.10. The fourth-order valence-electron chi connectivity index (χ4n) is 5.13. The third-order valence-electron chi connectivity index (χ3n) is 7.56. The lowest BCUT2D eigenvalue weighted by Crippen LogP contribution is -2.31. The summed E-state index contributed by atoms with van der Waals surface area (Å²) in [6.07, 6.45) is 3.32. The van der Waals surface area contributed by atoms with E-state index in [9.17, 15) is 36.7 Å². The molecule has 2 aliphatic rings. The van der Waals surface area contributed by atoms with E-state index in [0.717, 1.165) is 48.6 Å². The molecule has 2 aromatic carbocycles. The van der Waals surface area contributed by atoms with E-state index in [-0.39, 0.29) is 57.2 Å². The van der Waals surface area contributed by atoms with Crippen molar-refractivity contribution in [2.45, 2.75) is 12.8 Å². The molecule has 0 spiro atoms. The van der Waals surface area contributed by atoms with Crippen LogP contribution in [-0.4, -0.2) is 71.2 Å². The third-order valence-corrected chi connectivity index (χ3v) is 7.56. The number of benzene rings is 2. The van der Waals surface area contributed by atoms with E-state index >= 15 is 0 Å². The minimum absolute atomic E-state index is 0.00941. The van der Waals surface area contributed by atoms with Crippen molar-refractivity contribution in [3.63, 3.8) is 0 Å². The van der Waals surface area contributed by atoms with Crippen molar-refractivity contribution in [2.24, 2.45) is 0 Å². The van der Waals surface area contributed by atoms with Crippen LogP contribution >= 0.6 is 0 Å². The second kappa shape index (κ2) is 13.2. The van der Waals surface area contributed by atoms with Gasteiger partial charge in [-0.15, -0.1) is 0 Å². The van der Waals surface area contributed by atoms with Gasteiger partial charge in [0.2, 0.25) is 46.4 Å². The van der Waals surface area contributed by atoms with Crippen LogP contribution < -0.4 is 10.6 Å². The Morgan fingerprint density at radius 3 is 1.50 bits per heavy atom. The van der Waals surface area contributed by atoms with E-state index < -0.39 is 46.4 Å². The minimum atomic E-state index is -0.822. The van der Waals surface area contributed by atoms with E-state index in [1.807, 2.05) is 11.9 Å². The zero-order valence-electron chi connectivity index (χ0n) is 25.2. The molecule has 0 saturated heterocycles. The van der Waals surface area contributed by atoms with Gasteiger partial charge in [-0.05, 0) is 69.4 Å². The Bertz CT molecular complexity index is 1910. The SMILES string of the molecule is CN(CCCNC1=CC(=O)c2nc(-c3cc(F)ccc3F)oc2C1=O)CCCNC1=CC(=O)c2nc(-c3cc(F)ccc3F)oc2C1=O. The number of carbonyl (C=O) groups is 4. The Labute approximate surface area is 269 Å². The molecule has 15 heteroatoms. The standard InChI is InChI=1S/C33H25F4N5O6/c1-42(10-2-8-38-22-14-24(43)26-30(28(22)45)47-32(40-26)18-12-16(34)4-6-20(18)36)11-3-9-39-23-15-25(44)27-31(29(23)46)48-33(41-27)19-13-17(35)5-7-21(19)37/h4-7,12-15,38-39H,2-3,8-11H2,1H3. The molecule has 246 valence electrons. The Kier molecular flexibility index (Phi) is 8.86. The number of nitrogens with one attached hydrogen (secondary N) is 2. The molecule has 0 atom stereocenters. The van der Waals surface area contributed by atoms with Gasteiger partial charge in [-0.25, -0.2) is 27.5 Å². The van der Waals surface area contributed by atoms with Gasteiger partial charge in [0.05, 0.1) is 22.5 Å². The number of aromatic nitrogens is 2. The molecule has 11 nitrogen and oxygen atoms in total. The molecule has 4 aromatic rings. The average molecular weight is 664 g/mol. The molecule has 2 heterocycles. The van der Waals surface area contributed by atoms with Crippen molar-refractivity contribution in [1.82, 2.24) is 25.5 Å². The maximum atomic E-state index is 14.2. The lowest BCUT2D eigenvalue weighted by molar-refractivity contribution is 0.0956. The van der Waals surface area contributed by atoms with Crippen molar-refractivity contribution < 1.29 is 45.6 Å². The molecule has 2 aromatic heterocycles. The third kappa shape index (κ3) is 6.44. The van der Waals surface area contributed by atoms with Crippen molar-refractivity contribution in [3.05, 3.63) is 106 Å². The van der Waals surface area contributed by atoms with Crippen molar-refractivity contribution in [2.75, 3.05) is 33.2 Å². The number of Topliss-reactive ketones (excluding diaryl/α,β-unsaturated/α-hetero) is 2. The predicted octanol–water partition coefficient (Wildman–Crippen LogP) is 4.67. The summed E-state index contributed by atoms with van der Waals surface area (Å²) in [6, 6.07) is 5.34. The van der Waals surface area contributed by atoms with Crippen molar-refractivity contribution >= 4 is 23.1 Å². The average Bonchev–Trinajstić information content (AvgIpc) is 3.71. The normalized spacial score (nSPS) is 14.2. The quantitative estimate of drug-likeness (QED) is 0.161. The van der Waals surface area contributed by atoms with E-state index in [1.54, 1.807) is 0 Å². The van der Waals surface area contributed by atoms with Crippen LogP contribution in [-0.2, 0) is 0 Å². The molecular weight excluding hydrogens is 638 g/mol. The van der Waals surface area contributed by atoms with Gasteiger partial charge in [0.1, 0.15) is 23.3 Å². The topological polar surface area (TPSA) is 148 Å². The second-order valence-corrected chi connectivity index (χ2v) is 11.0. The van der Waals surface area contributed by atoms with Crippen LogP contribution in [0.3, 0.4) is 0 Å². The lowest BCUT2D eigenvalue weighted by Gasteiger charge is -2.18. The highest BCUT2D eigenvalue weighted by atomic mass is 19.1. The maximum absolute atomic E-state index is 14.2. The van der Waals surface area contributed by atoms with Crippen molar-refractivity contribution in [3.8, 4) is 22.9 Å². The molecule has 0 fully saturated rings. The first-order valence-electron chi connectivity index (χ1n) is 14.7. The minimum Gasteiger partial charge on any atom is -0.432 e. The number of halogens is 4. The Morgan fingerprint density at radius 1 is 0.667 bits per heavy atom. The van der Waals surface area contributed by atoms with E-state index in [4.69, 9.17) is 8.83 Å². The molecule has 0 unspecified atom stereocenters. The maximum Gasteiger partial charge on any atom is 0.246 e. The summed E-state index contributed by atoms with van der Waals surface area (Å²) in [7, 11) is 1.87. The summed E-state index contributed by atoms with van der Waals surface area (Å²) < 4.78 is 66.3. The van der Waals surface area contributed by atoms with Gasteiger partial charge in [0.25, 0.3) is 0 Å². The van der Waals surface area contributed by atoms with E-state index in [1.165, 1.54) is 0 Å². The zero-order chi connectivity index (χ0) is 34.1. The summed E-state index contributed by atoms with van der Waals surface area (Å²) in [5.41, 5.74) is -1.21. The number of rotatable bonds is 12. The van der Waals surface area contributed by atoms with Gasteiger partial charge in [0.15, 0.2) is 11.4 Å². The van der Waals surface area contributed by atoms with E-state index in [0.29, 0.717) is 39.0 Å².